The van der Waals surface area contributed by atoms with Crippen LogP contribution in [-0.2, 0) is 5.60 Å². The van der Waals surface area contributed by atoms with Gasteiger partial charge in [-0.1, -0.05) is 19.9 Å². The fraction of sp³-hybridized carbons (Fsp3) is 0.636. The van der Waals surface area contributed by atoms with E-state index < -0.39 is 5.60 Å². The van der Waals surface area contributed by atoms with Crippen LogP contribution in [0.15, 0.2) is 17.5 Å². The van der Waals surface area contributed by atoms with Gasteiger partial charge in [0.05, 0.1) is 0 Å². The molecule has 2 nitrogen and oxygen atoms in total. The third-order valence-electron chi connectivity index (χ3n) is 3.28. The molecule has 3 heteroatoms. The van der Waals surface area contributed by atoms with E-state index in [0.29, 0.717) is 0 Å². The molecule has 1 unspecified atom stereocenters. The summed E-state index contributed by atoms with van der Waals surface area (Å²) in [4.78, 5) is 1.10. The van der Waals surface area contributed by atoms with Crippen molar-refractivity contribution < 1.29 is 5.11 Å². The molecule has 0 saturated carbocycles. The van der Waals surface area contributed by atoms with Crippen LogP contribution in [-0.4, -0.2) is 18.2 Å². The molecule has 0 radical (unpaired) electrons. The Hall–Kier alpha value is -0.380. The second-order valence-electron chi connectivity index (χ2n) is 4.65. The lowest BCUT2D eigenvalue weighted by molar-refractivity contribution is -0.0916. The Labute approximate surface area is 89.0 Å². The molecule has 2 N–H and O–H groups in total. The third-order valence-corrected chi connectivity index (χ3v) is 4.30. The maximum atomic E-state index is 10.7. The summed E-state index contributed by atoms with van der Waals surface area (Å²) in [6.07, 6.45) is 0.806. The Morgan fingerprint density at radius 3 is 2.86 bits per heavy atom. The van der Waals surface area contributed by atoms with Crippen LogP contribution in [0.3, 0.4) is 0 Å². The van der Waals surface area contributed by atoms with Crippen molar-refractivity contribution in [2.24, 2.45) is 5.41 Å². The topological polar surface area (TPSA) is 32.3 Å². The van der Waals surface area contributed by atoms with E-state index >= 15 is 0 Å². The molecule has 1 fully saturated rings. The van der Waals surface area contributed by atoms with E-state index in [9.17, 15) is 5.11 Å². The molecule has 0 amide bonds. The average Bonchev–Trinajstić information content (AvgIpc) is 2.63. The molecule has 1 aromatic heterocycles. The van der Waals surface area contributed by atoms with Crippen LogP contribution in [0.1, 0.15) is 25.1 Å². The molecule has 1 aliphatic rings. The minimum atomic E-state index is -0.646. The first kappa shape index (κ1) is 10.1. The smallest absolute Gasteiger partial charge is 0.106 e. The van der Waals surface area contributed by atoms with E-state index in [1.807, 2.05) is 17.5 Å². The van der Waals surface area contributed by atoms with Gasteiger partial charge in [0, 0.05) is 16.8 Å². The molecule has 1 saturated heterocycles. The maximum absolute atomic E-state index is 10.7. The number of hydrogen-bond donors (Lipinski definition) is 2. The van der Waals surface area contributed by atoms with Crippen molar-refractivity contribution >= 4 is 11.3 Å². The summed E-state index contributed by atoms with van der Waals surface area (Å²) in [5.41, 5.74) is -0.734. The molecular formula is C11H17NOS. The predicted molar refractivity (Wildman–Crippen MR) is 59.5 cm³/mol. The highest BCUT2D eigenvalue weighted by Gasteiger charge is 2.47. The standard InChI is InChI=1S/C11H17NOS/c1-10(2)8-12-6-5-11(10,13)9-4-3-7-14-9/h3-4,7,12-13H,5-6,8H2,1-2H3. The molecule has 14 heavy (non-hydrogen) atoms. The van der Waals surface area contributed by atoms with Gasteiger partial charge in [-0.2, -0.15) is 0 Å². The third kappa shape index (κ3) is 1.40. The second kappa shape index (κ2) is 3.33. The van der Waals surface area contributed by atoms with Gasteiger partial charge in [-0.05, 0) is 24.4 Å². The fourth-order valence-electron chi connectivity index (χ4n) is 2.13. The highest BCUT2D eigenvalue weighted by molar-refractivity contribution is 7.10. The Morgan fingerprint density at radius 1 is 1.50 bits per heavy atom. The zero-order chi connectivity index (χ0) is 10.2. The molecule has 78 valence electrons. The summed E-state index contributed by atoms with van der Waals surface area (Å²) in [6, 6.07) is 4.05. The van der Waals surface area contributed by atoms with Crippen molar-refractivity contribution in [2.75, 3.05) is 13.1 Å². The van der Waals surface area contributed by atoms with Crippen LogP contribution >= 0.6 is 11.3 Å². The largest absolute Gasteiger partial charge is 0.384 e. The highest BCUT2D eigenvalue weighted by Crippen LogP contribution is 2.45. The molecular weight excluding hydrogens is 194 g/mol. The maximum Gasteiger partial charge on any atom is 0.106 e. The van der Waals surface area contributed by atoms with E-state index in [4.69, 9.17) is 0 Å². The van der Waals surface area contributed by atoms with Gasteiger partial charge in [0.15, 0.2) is 0 Å². The molecule has 2 rings (SSSR count). The Morgan fingerprint density at radius 2 is 2.29 bits per heavy atom. The van der Waals surface area contributed by atoms with Gasteiger partial charge in [-0.25, -0.2) is 0 Å². The number of aliphatic hydroxyl groups is 1. The summed E-state index contributed by atoms with van der Waals surface area (Å²) in [5, 5.41) is 16.1. The summed E-state index contributed by atoms with van der Waals surface area (Å²) in [5.74, 6) is 0. The first-order chi connectivity index (χ1) is 6.56. The van der Waals surface area contributed by atoms with Gasteiger partial charge in [0.2, 0.25) is 0 Å². The normalized spacial score (nSPS) is 31.6. The lowest BCUT2D eigenvalue weighted by Gasteiger charge is -2.46. The molecule has 2 heterocycles. The van der Waals surface area contributed by atoms with Crippen LogP contribution in [0, 0.1) is 5.41 Å². The molecule has 1 aliphatic heterocycles. The van der Waals surface area contributed by atoms with E-state index in [-0.39, 0.29) is 5.41 Å². The van der Waals surface area contributed by atoms with Crippen molar-refractivity contribution in [1.82, 2.24) is 5.32 Å². The van der Waals surface area contributed by atoms with Crippen LogP contribution in [0.5, 0.6) is 0 Å². The lowest BCUT2D eigenvalue weighted by Crippen LogP contribution is -2.53. The van der Waals surface area contributed by atoms with Crippen molar-refractivity contribution in [1.29, 1.82) is 0 Å². The second-order valence-corrected chi connectivity index (χ2v) is 5.60. The van der Waals surface area contributed by atoms with Crippen molar-refractivity contribution in [2.45, 2.75) is 25.9 Å². The number of thiophene rings is 1. The van der Waals surface area contributed by atoms with Gasteiger partial charge < -0.3 is 10.4 Å². The van der Waals surface area contributed by atoms with Crippen molar-refractivity contribution in [3.05, 3.63) is 22.4 Å². The molecule has 0 aromatic carbocycles. The van der Waals surface area contributed by atoms with Crippen LogP contribution in [0.25, 0.3) is 0 Å². The monoisotopic (exact) mass is 211 g/mol. The first-order valence-corrected chi connectivity index (χ1v) is 5.91. The van der Waals surface area contributed by atoms with Gasteiger partial charge in [-0.3, -0.25) is 0 Å². The van der Waals surface area contributed by atoms with Crippen LogP contribution in [0.2, 0.25) is 0 Å². The average molecular weight is 211 g/mol. The summed E-state index contributed by atoms with van der Waals surface area (Å²) < 4.78 is 0. The molecule has 0 aliphatic carbocycles. The molecule has 1 atom stereocenters. The first-order valence-electron chi connectivity index (χ1n) is 5.03. The number of hydrogen-bond acceptors (Lipinski definition) is 3. The van der Waals surface area contributed by atoms with E-state index in [1.165, 1.54) is 0 Å². The summed E-state index contributed by atoms with van der Waals surface area (Å²) >= 11 is 1.65. The quantitative estimate of drug-likeness (QED) is 0.744. The predicted octanol–water partition coefficient (Wildman–Crippen LogP) is 1.96. The van der Waals surface area contributed by atoms with E-state index in [0.717, 1.165) is 24.4 Å². The highest BCUT2D eigenvalue weighted by atomic mass is 32.1. The Kier molecular flexibility index (Phi) is 2.41. The minimum absolute atomic E-state index is 0.0872. The Balaban J connectivity index is 2.37. The summed E-state index contributed by atoms with van der Waals surface area (Å²) in [6.45, 7) is 6.02. The van der Waals surface area contributed by atoms with E-state index in [2.05, 4.69) is 19.2 Å². The zero-order valence-corrected chi connectivity index (χ0v) is 9.53. The Bertz CT molecular complexity index is 307. The van der Waals surface area contributed by atoms with Crippen LogP contribution < -0.4 is 5.32 Å². The minimum Gasteiger partial charge on any atom is -0.384 e. The molecule has 0 spiro atoms. The van der Waals surface area contributed by atoms with Crippen LogP contribution in [0.4, 0.5) is 0 Å². The van der Waals surface area contributed by atoms with Crippen molar-refractivity contribution in [3.8, 4) is 0 Å². The number of rotatable bonds is 1. The molecule has 1 aromatic rings. The van der Waals surface area contributed by atoms with Gasteiger partial charge in [-0.15, -0.1) is 11.3 Å². The SMILES string of the molecule is CC1(C)CNCCC1(O)c1cccs1. The number of piperidine rings is 1. The fourth-order valence-corrected chi connectivity index (χ4v) is 3.16. The van der Waals surface area contributed by atoms with E-state index in [1.54, 1.807) is 11.3 Å². The van der Waals surface area contributed by atoms with Gasteiger partial charge in [0.1, 0.15) is 5.60 Å². The summed E-state index contributed by atoms with van der Waals surface area (Å²) in [7, 11) is 0. The van der Waals surface area contributed by atoms with Crippen molar-refractivity contribution in [3.63, 3.8) is 0 Å². The number of nitrogens with one attached hydrogen (secondary N) is 1. The lowest BCUT2D eigenvalue weighted by atomic mass is 9.70. The zero-order valence-electron chi connectivity index (χ0n) is 8.71. The molecule has 0 bridgehead atoms. The van der Waals surface area contributed by atoms with Gasteiger partial charge >= 0.3 is 0 Å². The van der Waals surface area contributed by atoms with Gasteiger partial charge in [0.25, 0.3) is 0 Å².